The van der Waals surface area contributed by atoms with E-state index in [4.69, 9.17) is 4.74 Å². The lowest BCUT2D eigenvalue weighted by molar-refractivity contribution is -0.168. The molecule has 1 N–H and O–H groups in total. The zero-order valence-corrected chi connectivity index (χ0v) is 10.5. The molecule has 0 amide bonds. The van der Waals surface area contributed by atoms with Gasteiger partial charge in [0.25, 0.3) is 0 Å². The predicted octanol–water partition coefficient (Wildman–Crippen LogP) is 2.37. The first kappa shape index (κ1) is 14.4. The van der Waals surface area contributed by atoms with Crippen molar-refractivity contribution in [2.24, 2.45) is 11.8 Å². The summed E-state index contributed by atoms with van der Waals surface area (Å²) in [6, 6.07) is 0. The summed E-state index contributed by atoms with van der Waals surface area (Å²) in [7, 11) is 0. The molecule has 0 aliphatic rings. The summed E-state index contributed by atoms with van der Waals surface area (Å²) >= 11 is 0. The van der Waals surface area contributed by atoms with Crippen LogP contribution in [0.1, 0.15) is 47.5 Å². The van der Waals surface area contributed by atoms with Gasteiger partial charge in [-0.25, -0.2) is 4.79 Å². The van der Waals surface area contributed by atoms with Crippen molar-refractivity contribution in [1.82, 2.24) is 0 Å². The summed E-state index contributed by atoms with van der Waals surface area (Å²) < 4.78 is 4.92. The molecule has 3 nitrogen and oxygen atoms in total. The van der Waals surface area contributed by atoms with Gasteiger partial charge in [-0.05, 0) is 31.6 Å². The van der Waals surface area contributed by atoms with Gasteiger partial charge in [-0.15, -0.1) is 0 Å². The van der Waals surface area contributed by atoms with Crippen LogP contribution in [-0.4, -0.2) is 23.3 Å². The Morgan fingerprint density at radius 1 is 1.20 bits per heavy atom. The molecule has 0 unspecified atom stereocenters. The van der Waals surface area contributed by atoms with Gasteiger partial charge in [0.1, 0.15) is 0 Å². The lowest BCUT2D eigenvalue weighted by atomic mass is 9.85. The molecule has 0 bridgehead atoms. The molecule has 0 spiro atoms. The Morgan fingerprint density at radius 2 is 1.60 bits per heavy atom. The van der Waals surface area contributed by atoms with Crippen LogP contribution in [0, 0.1) is 11.8 Å². The minimum atomic E-state index is -1.31. The quantitative estimate of drug-likeness (QED) is 0.693. The second-order valence-corrected chi connectivity index (χ2v) is 4.95. The van der Waals surface area contributed by atoms with Crippen LogP contribution < -0.4 is 0 Å². The van der Waals surface area contributed by atoms with Crippen LogP contribution in [-0.2, 0) is 9.53 Å². The average Bonchev–Trinajstić information content (AvgIpc) is 2.01. The van der Waals surface area contributed by atoms with E-state index < -0.39 is 11.6 Å². The van der Waals surface area contributed by atoms with E-state index in [9.17, 15) is 9.90 Å². The average molecular weight is 216 g/mol. The highest BCUT2D eigenvalue weighted by molar-refractivity contribution is 5.79. The maximum atomic E-state index is 11.7. The van der Waals surface area contributed by atoms with Gasteiger partial charge in [-0.1, -0.05) is 27.7 Å². The SMILES string of the molecule is CCOC(=O)C(O)(CC(C)C)CC(C)C. The molecule has 90 valence electrons. The van der Waals surface area contributed by atoms with Gasteiger partial charge >= 0.3 is 5.97 Å². The Hall–Kier alpha value is -0.570. The van der Waals surface area contributed by atoms with Gasteiger partial charge in [0.2, 0.25) is 0 Å². The lowest BCUT2D eigenvalue weighted by Crippen LogP contribution is -2.42. The fourth-order valence-electron chi connectivity index (χ4n) is 1.87. The molecule has 0 atom stereocenters. The maximum Gasteiger partial charge on any atom is 0.338 e. The molecule has 0 aromatic rings. The first-order valence-electron chi connectivity index (χ1n) is 5.71. The Kier molecular flexibility index (Phi) is 5.88. The van der Waals surface area contributed by atoms with E-state index in [1.165, 1.54) is 0 Å². The normalized spacial score (nSPS) is 12.3. The third kappa shape index (κ3) is 5.17. The highest BCUT2D eigenvalue weighted by Crippen LogP contribution is 2.26. The molecule has 0 heterocycles. The summed E-state index contributed by atoms with van der Waals surface area (Å²) in [5, 5.41) is 10.3. The van der Waals surface area contributed by atoms with Gasteiger partial charge < -0.3 is 9.84 Å². The highest BCUT2D eigenvalue weighted by atomic mass is 16.5. The van der Waals surface area contributed by atoms with Crippen LogP contribution in [0.3, 0.4) is 0 Å². The minimum Gasteiger partial charge on any atom is -0.464 e. The van der Waals surface area contributed by atoms with E-state index in [1.54, 1.807) is 6.92 Å². The monoisotopic (exact) mass is 216 g/mol. The van der Waals surface area contributed by atoms with Gasteiger partial charge in [-0.3, -0.25) is 0 Å². The second-order valence-electron chi connectivity index (χ2n) is 4.95. The third-order valence-corrected chi connectivity index (χ3v) is 2.15. The summed E-state index contributed by atoms with van der Waals surface area (Å²) in [5.74, 6) is 0.0729. The molecule has 0 aliphatic carbocycles. The number of aliphatic hydroxyl groups is 1. The summed E-state index contributed by atoms with van der Waals surface area (Å²) in [5.41, 5.74) is -1.31. The van der Waals surface area contributed by atoms with Crippen LogP contribution in [0.4, 0.5) is 0 Å². The third-order valence-electron chi connectivity index (χ3n) is 2.15. The molecule has 0 radical (unpaired) electrons. The summed E-state index contributed by atoms with van der Waals surface area (Å²) in [4.78, 5) is 11.7. The second kappa shape index (κ2) is 6.11. The van der Waals surface area contributed by atoms with Crippen molar-refractivity contribution in [1.29, 1.82) is 0 Å². The lowest BCUT2D eigenvalue weighted by Gasteiger charge is -2.29. The molecular formula is C12H24O3. The van der Waals surface area contributed by atoms with Crippen LogP contribution in [0.25, 0.3) is 0 Å². The molecule has 15 heavy (non-hydrogen) atoms. The Labute approximate surface area is 92.8 Å². The first-order chi connectivity index (χ1) is 6.81. The summed E-state index contributed by atoms with van der Waals surface area (Å²) in [6.45, 7) is 10.0. The number of carbonyl (C=O) groups is 1. The van der Waals surface area contributed by atoms with Crippen LogP contribution in [0.15, 0.2) is 0 Å². The molecule has 0 aliphatic heterocycles. The Morgan fingerprint density at radius 3 is 1.87 bits per heavy atom. The zero-order valence-electron chi connectivity index (χ0n) is 10.5. The van der Waals surface area contributed by atoms with Crippen molar-refractivity contribution in [2.75, 3.05) is 6.61 Å². The zero-order chi connectivity index (χ0) is 12.1. The van der Waals surface area contributed by atoms with Crippen LogP contribution in [0.2, 0.25) is 0 Å². The Bertz CT molecular complexity index is 187. The number of rotatable bonds is 6. The maximum absolute atomic E-state index is 11.7. The molecular weight excluding hydrogens is 192 g/mol. The van der Waals surface area contributed by atoms with Crippen molar-refractivity contribution < 1.29 is 14.6 Å². The molecule has 0 fully saturated rings. The Balaban J connectivity index is 4.60. The topological polar surface area (TPSA) is 46.5 Å². The van der Waals surface area contributed by atoms with Crippen molar-refractivity contribution in [3.63, 3.8) is 0 Å². The molecule has 0 saturated heterocycles. The minimum absolute atomic E-state index is 0.276. The van der Waals surface area contributed by atoms with Crippen LogP contribution in [0.5, 0.6) is 0 Å². The largest absolute Gasteiger partial charge is 0.464 e. The fraction of sp³-hybridized carbons (Fsp3) is 0.917. The standard InChI is InChI=1S/C12H24O3/c1-6-15-11(13)12(14,7-9(2)3)8-10(4)5/h9-10,14H,6-8H2,1-5H3. The van der Waals surface area contributed by atoms with E-state index in [1.807, 2.05) is 27.7 Å². The van der Waals surface area contributed by atoms with Gasteiger partial charge in [0.05, 0.1) is 6.61 Å². The number of esters is 1. The molecule has 3 heteroatoms. The molecule has 0 rings (SSSR count). The van der Waals surface area contributed by atoms with E-state index in [-0.39, 0.29) is 11.8 Å². The van der Waals surface area contributed by atoms with E-state index in [0.717, 1.165) is 0 Å². The van der Waals surface area contributed by atoms with Crippen molar-refractivity contribution in [3.05, 3.63) is 0 Å². The molecule has 0 saturated carbocycles. The van der Waals surface area contributed by atoms with Gasteiger partial charge in [-0.2, -0.15) is 0 Å². The first-order valence-corrected chi connectivity index (χ1v) is 5.71. The van der Waals surface area contributed by atoms with Crippen LogP contribution >= 0.6 is 0 Å². The number of carbonyl (C=O) groups excluding carboxylic acids is 1. The smallest absolute Gasteiger partial charge is 0.338 e. The number of ether oxygens (including phenoxy) is 1. The van der Waals surface area contributed by atoms with Gasteiger partial charge in [0.15, 0.2) is 5.60 Å². The fourth-order valence-corrected chi connectivity index (χ4v) is 1.87. The highest BCUT2D eigenvalue weighted by Gasteiger charge is 2.38. The van der Waals surface area contributed by atoms with Crippen molar-refractivity contribution in [2.45, 2.75) is 53.1 Å². The summed E-state index contributed by atoms with van der Waals surface area (Å²) in [6.07, 6.45) is 0.925. The molecule has 0 aromatic heterocycles. The van der Waals surface area contributed by atoms with E-state index in [0.29, 0.717) is 19.4 Å². The number of hydrogen-bond acceptors (Lipinski definition) is 3. The number of hydrogen-bond donors (Lipinski definition) is 1. The molecule has 0 aromatic carbocycles. The van der Waals surface area contributed by atoms with Crippen molar-refractivity contribution in [3.8, 4) is 0 Å². The predicted molar refractivity (Wildman–Crippen MR) is 60.5 cm³/mol. The van der Waals surface area contributed by atoms with Crippen molar-refractivity contribution >= 4 is 5.97 Å². The van der Waals surface area contributed by atoms with E-state index >= 15 is 0 Å². The van der Waals surface area contributed by atoms with Gasteiger partial charge in [0, 0.05) is 0 Å². The van der Waals surface area contributed by atoms with E-state index in [2.05, 4.69) is 0 Å².